The van der Waals surface area contributed by atoms with Gasteiger partial charge in [-0.2, -0.15) is 0 Å². The van der Waals surface area contributed by atoms with E-state index >= 15 is 0 Å². The molecule has 2 N–H and O–H groups in total. The van der Waals surface area contributed by atoms with Crippen molar-refractivity contribution in [3.05, 3.63) is 59.2 Å². The number of benzene rings is 2. The molecule has 17 heavy (non-hydrogen) atoms. The Balaban J connectivity index is 2.26. The molecule has 0 spiro atoms. The first-order valence-electron chi connectivity index (χ1n) is 5.42. The topological polar surface area (TPSA) is 40.5 Å². The first kappa shape index (κ1) is 11.3. The standard InChI is InChI=1S/C15H14O2/c1-11-13(3-2-4-15(11)17)8-5-12-6-9-14(16)10-7-12/h2-10,16-17H,1H3/b8-5+. The van der Waals surface area contributed by atoms with Crippen LogP contribution in [0.1, 0.15) is 16.7 Å². The van der Waals surface area contributed by atoms with Crippen molar-refractivity contribution in [2.75, 3.05) is 0 Å². The van der Waals surface area contributed by atoms with Crippen molar-refractivity contribution in [1.29, 1.82) is 0 Å². The average Bonchev–Trinajstić information content (AvgIpc) is 2.33. The Hall–Kier alpha value is -2.22. The Kier molecular flexibility index (Phi) is 3.15. The molecule has 2 aromatic rings. The summed E-state index contributed by atoms with van der Waals surface area (Å²) in [5.41, 5.74) is 2.85. The van der Waals surface area contributed by atoms with E-state index in [9.17, 15) is 5.11 Å². The third-order valence-electron chi connectivity index (χ3n) is 2.70. The van der Waals surface area contributed by atoms with E-state index < -0.39 is 0 Å². The lowest BCUT2D eigenvalue weighted by atomic mass is 10.1. The minimum atomic E-state index is 0.260. The molecule has 0 fully saturated rings. The zero-order valence-electron chi connectivity index (χ0n) is 9.59. The number of phenolic OH excluding ortho intramolecular Hbond substituents is 2. The van der Waals surface area contributed by atoms with Crippen LogP contribution in [0.2, 0.25) is 0 Å². The molecule has 0 radical (unpaired) electrons. The first-order chi connectivity index (χ1) is 8.16. The zero-order chi connectivity index (χ0) is 12.3. The highest BCUT2D eigenvalue weighted by molar-refractivity contribution is 5.72. The fraction of sp³-hybridized carbons (Fsp3) is 0.0667. The Morgan fingerprint density at radius 1 is 0.882 bits per heavy atom. The monoisotopic (exact) mass is 226 g/mol. The van der Waals surface area contributed by atoms with Gasteiger partial charge < -0.3 is 10.2 Å². The molecule has 2 aromatic carbocycles. The fourth-order valence-electron chi connectivity index (χ4n) is 1.59. The number of aromatic hydroxyl groups is 2. The Labute approximate surface area is 100 Å². The van der Waals surface area contributed by atoms with Crippen molar-refractivity contribution in [2.45, 2.75) is 6.92 Å². The van der Waals surface area contributed by atoms with Crippen LogP contribution < -0.4 is 0 Å². The summed E-state index contributed by atoms with van der Waals surface area (Å²) in [6.45, 7) is 1.88. The molecule has 0 aliphatic carbocycles. The van der Waals surface area contributed by atoms with Gasteiger partial charge in [0.25, 0.3) is 0 Å². The number of rotatable bonds is 2. The van der Waals surface area contributed by atoms with Crippen molar-refractivity contribution in [3.63, 3.8) is 0 Å². The quantitative estimate of drug-likeness (QED) is 0.768. The molecule has 0 heterocycles. The molecule has 0 aliphatic heterocycles. The lowest BCUT2D eigenvalue weighted by Crippen LogP contribution is -1.80. The van der Waals surface area contributed by atoms with E-state index in [2.05, 4.69) is 0 Å². The van der Waals surface area contributed by atoms with Crippen molar-refractivity contribution in [2.24, 2.45) is 0 Å². The van der Waals surface area contributed by atoms with Crippen LogP contribution in [0.3, 0.4) is 0 Å². The van der Waals surface area contributed by atoms with Gasteiger partial charge in [-0.1, -0.05) is 36.4 Å². The number of hydrogen-bond donors (Lipinski definition) is 2. The molecule has 2 nitrogen and oxygen atoms in total. The molecule has 0 unspecified atom stereocenters. The van der Waals surface area contributed by atoms with Crippen molar-refractivity contribution in [3.8, 4) is 11.5 Å². The van der Waals surface area contributed by atoms with E-state index in [1.165, 1.54) is 0 Å². The summed E-state index contributed by atoms with van der Waals surface area (Å²) in [6, 6.07) is 12.4. The van der Waals surface area contributed by atoms with Crippen LogP contribution >= 0.6 is 0 Å². The second-order valence-electron chi connectivity index (χ2n) is 3.92. The molecule has 0 aliphatic rings. The zero-order valence-corrected chi connectivity index (χ0v) is 9.59. The van der Waals surface area contributed by atoms with E-state index in [0.29, 0.717) is 5.75 Å². The second kappa shape index (κ2) is 4.74. The Morgan fingerprint density at radius 3 is 2.29 bits per heavy atom. The Morgan fingerprint density at radius 2 is 1.59 bits per heavy atom. The van der Waals surface area contributed by atoms with Crippen molar-refractivity contribution in [1.82, 2.24) is 0 Å². The van der Waals surface area contributed by atoms with Crippen LogP contribution in [0, 0.1) is 6.92 Å². The predicted octanol–water partition coefficient (Wildman–Crippen LogP) is 3.58. The van der Waals surface area contributed by atoms with Crippen LogP contribution in [0.5, 0.6) is 11.5 Å². The van der Waals surface area contributed by atoms with Gasteiger partial charge in [0, 0.05) is 0 Å². The highest BCUT2D eigenvalue weighted by atomic mass is 16.3. The molecule has 0 amide bonds. The molecular weight excluding hydrogens is 212 g/mol. The fourth-order valence-corrected chi connectivity index (χ4v) is 1.59. The van der Waals surface area contributed by atoms with Gasteiger partial charge >= 0.3 is 0 Å². The van der Waals surface area contributed by atoms with Gasteiger partial charge in [0.2, 0.25) is 0 Å². The van der Waals surface area contributed by atoms with Crippen molar-refractivity contribution < 1.29 is 10.2 Å². The summed E-state index contributed by atoms with van der Waals surface area (Å²) in [6.07, 6.45) is 3.89. The third-order valence-corrected chi connectivity index (χ3v) is 2.70. The smallest absolute Gasteiger partial charge is 0.119 e. The van der Waals surface area contributed by atoms with E-state index in [4.69, 9.17) is 5.11 Å². The summed E-state index contributed by atoms with van der Waals surface area (Å²) in [7, 11) is 0. The summed E-state index contributed by atoms with van der Waals surface area (Å²) >= 11 is 0. The van der Waals surface area contributed by atoms with Gasteiger partial charge in [-0.25, -0.2) is 0 Å². The minimum absolute atomic E-state index is 0.260. The molecule has 0 saturated carbocycles. The van der Waals surface area contributed by atoms with Gasteiger partial charge in [-0.05, 0) is 41.8 Å². The highest BCUT2D eigenvalue weighted by Crippen LogP contribution is 2.21. The normalized spacial score (nSPS) is 10.9. The third kappa shape index (κ3) is 2.67. The van der Waals surface area contributed by atoms with Gasteiger partial charge in [-0.15, -0.1) is 0 Å². The molecular formula is C15H14O2. The molecule has 0 saturated heterocycles. The summed E-state index contributed by atoms with van der Waals surface area (Å²) in [4.78, 5) is 0. The largest absolute Gasteiger partial charge is 0.508 e. The maximum Gasteiger partial charge on any atom is 0.119 e. The van der Waals surface area contributed by atoms with Gasteiger partial charge in [-0.3, -0.25) is 0 Å². The van der Waals surface area contributed by atoms with Gasteiger partial charge in [0.15, 0.2) is 0 Å². The van der Waals surface area contributed by atoms with Crippen molar-refractivity contribution >= 4 is 12.2 Å². The molecule has 2 heteroatoms. The van der Waals surface area contributed by atoms with Crippen LogP contribution in [0.25, 0.3) is 12.2 Å². The summed E-state index contributed by atoms with van der Waals surface area (Å²) < 4.78 is 0. The van der Waals surface area contributed by atoms with E-state index in [-0.39, 0.29) is 5.75 Å². The lowest BCUT2D eigenvalue weighted by Gasteiger charge is -2.02. The SMILES string of the molecule is Cc1c(O)cccc1/C=C/c1ccc(O)cc1. The summed E-state index contributed by atoms with van der Waals surface area (Å²) in [5, 5.41) is 18.7. The van der Waals surface area contributed by atoms with Crippen LogP contribution in [0.4, 0.5) is 0 Å². The number of hydrogen-bond acceptors (Lipinski definition) is 2. The number of phenols is 2. The lowest BCUT2D eigenvalue weighted by molar-refractivity contribution is 0.471. The van der Waals surface area contributed by atoms with E-state index in [0.717, 1.165) is 16.7 Å². The maximum absolute atomic E-state index is 9.57. The minimum Gasteiger partial charge on any atom is -0.508 e. The molecule has 0 aromatic heterocycles. The van der Waals surface area contributed by atoms with Gasteiger partial charge in [0.1, 0.15) is 11.5 Å². The van der Waals surface area contributed by atoms with E-state index in [1.807, 2.05) is 43.3 Å². The average molecular weight is 226 g/mol. The van der Waals surface area contributed by atoms with Crippen LogP contribution in [-0.2, 0) is 0 Å². The van der Waals surface area contributed by atoms with Crippen LogP contribution in [0.15, 0.2) is 42.5 Å². The molecule has 0 atom stereocenters. The maximum atomic E-state index is 9.57. The molecule has 2 rings (SSSR count). The van der Waals surface area contributed by atoms with Crippen LogP contribution in [-0.4, -0.2) is 10.2 Å². The highest BCUT2D eigenvalue weighted by Gasteiger charge is 1.98. The van der Waals surface area contributed by atoms with Gasteiger partial charge in [0.05, 0.1) is 0 Å². The predicted molar refractivity (Wildman–Crippen MR) is 69.9 cm³/mol. The van der Waals surface area contributed by atoms with E-state index in [1.54, 1.807) is 18.2 Å². The summed E-state index contributed by atoms with van der Waals surface area (Å²) in [5.74, 6) is 0.563. The Bertz CT molecular complexity index is 539. The second-order valence-corrected chi connectivity index (χ2v) is 3.92. The molecule has 86 valence electrons. The first-order valence-corrected chi connectivity index (χ1v) is 5.42. The molecule has 0 bridgehead atoms.